The number of hydrogen-bond donors (Lipinski definition) is 1. The molecule has 2 aromatic heterocycles. The van der Waals surface area contributed by atoms with Crippen molar-refractivity contribution >= 4 is 11.3 Å². The Kier molecular flexibility index (Phi) is 4.42. The fraction of sp³-hybridized carbons (Fsp3) is 0.267. The Labute approximate surface area is 136 Å². The molecule has 0 radical (unpaired) electrons. The summed E-state index contributed by atoms with van der Waals surface area (Å²) in [6.45, 7) is 4.70. The molecule has 0 aliphatic carbocycles. The summed E-state index contributed by atoms with van der Waals surface area (Å²) >= 11 is 1.36. The van der Waals surface area contributed by atoms with Gasteiger partial charge in [0.15, 0.2) is 0 Å². The van der Waals surface area contributed by atoms with Crippen molar-refractivity contribution in [3.63, 3.8) is 0 Å². The van der Waals surface area contributed by atoms with Crippen molar-refractivity contribution in [2.24, 2.45) is 0 Å². The number of ether oxygens (including phenoxy) is 2. The average molecular weight is 332 g/mol. The zero-order valence-corrected chi connectivity index (χ0v) is 13.6. The number of hydrogen-bond acceptors (Lipinski definition) is 6. The van der Waals surface area contributed by atoms with Crippen LogP contribution in [0.1, 0.15) is 18.1 Å². The van der Waals surface area contributed by atoms with Crippen molar-refractivity contribution in [1.29, 1.82) is 0 Å². The van der Waals surface area contributed by atoms with Crippen LogP contribution in [0, 0.1) is 6.92 Å². The number of para-hydroxylation sites is 1. The zero-order valence-electron chi connectivity index (χ0n) is 12.8. The highest BCUT2D eigenvalue weighted by atomic mass is 32.1. The monoisotopic (exact) mass is 332 g/mol. The van der Waals surface area contributed by atoms with Crippen molar-refractivity contribution in [2.75, 3.05) is 6.61 Å². The van der Waals surface area contributed by atoms with Gasteiger partial charge in [0.25, 0.3) is 0 Å². The van der Waals surface area contributed by atoms with Gasteiger partial charge in [-0.1, -0.05) is 18.2 Å². The molecule has 0 aliphatic rings. The summed E-state index contributed by atoms with van der Waals surface area (Å²) in [6.07, 6.45) is 0. The molecule has 3 aromatic rings. The van der Waals surface area contributed by atoms with E-state index in [-0.39, 0.29) is 6.61 Å². The molecule has 1 N–H and O–H groups in total. The third-order valence-electron chi connectivity index (χ3n) is 3.26. The van der Waals surface area contributed by atoms with E-state index in [1.807, 2.05) is 43.5 Å². The Morgan fingerprint density at radius 3 is 2.78 bits per heavy atom. The lowest BCUT2D eigenvalue weighted by atomic mass is 10.2. The molecule has 7 nitrogen and oxygen atoms in total. The van der Waals surface area contributed by atoms with Gasteiger partial charge in [-0.15, -0.1) is 16.0 Å². The standard InChI is InChI=1S/C15H16N4O3S/c1-3-21-13-9-23-14(19-15(20)16-17-18-19)11(13)8-22-12-7-5-4-6-10(12)2/h4-7,9H,3,8H2,1-2H3,(H,16,18,20). The van der Waals surface area contributed by atoms with Gasteiger partial charge in [-0.05, 0) is 35.9 Å². The lowest BCUT2D eigenvalue weighted by Gasteiger charge is -2.11. The van der Waals surface area contributed by atoms with Crippen LogP contribution in [0.3, 0.4) is 0 Å². The third kappa shape index (κ3) is 3.11. The highest BCUT2D eigenvalue weighted by molar-refractivity contribution is 7.13. The molecule has 1 aromatic carbocycles. The predicted molar refractivity (Wildman–Crippen MR) is 86.5 cm³/mol. The van der Waals surface area contributed by atoms with Gasteiger partial charge in [0.1, 0.15) is 23.1 Å². The van der Waals surface area contributed by atoms with Crippen LogP contribution in [-0.2, 0) is 6.61 Å². The van der Waals surface area contributed by atoms with Gasteiger partial charge in [0, 0.05) is 5.38 Å². The molecular weight excluding hydrogens is 316 g/mol. The predicted octanol–water partition coefficient (Wildman–Crippen LogP) is 2.30. The topological polar surface area (TPSA) is 82.0 Å². The molecule has 0 saturated carbocycles. The number of aryl methyl sites for hydroxylation is 1. The molecule has 0 amide bonds. The van der Waals surface area contributed by atoms with E-state index in [1.54, 1.807) is 0 Å². The molecule has 0 atom stereocenters. The van der Waals surface area contributed by atoms with Crippen molar-refractivity contribution < 1.29 is 9.47 Å². The van der Waals surface area contributed by atoms with Crippen molar-refractivity contribution in [2.45, 2.75) is 20.5 Å². The maximum absolute atomic E-state index is 11.8. The van der Waals surface area contributed by atoms with E-state index in [2.05, 4.69) is 15.5 Å². The van der Waals surface area contributed by atoms with Gasteiger partial charge in [0.2, 0.25) is 0 Å². The quantitative estimate of drug-likeness (QED) is 0.749. The third-order valence-corrected chi connectivity index (χ3v) is 4.24. The second kappa shape index (κ2) is 6.66. The van der Waals surface area contributed by atoms with Gasteiger partial charge in [0.05, 0.1) is 12.2 Å². The van der Waals surface area contributed by atoms with E-state index in [4.69, 9.17) is 9.47 Å². The maximum atomic E-state index is 11.8. The first-order valence-corrected chi connectivity index (χ1v) is 8.01. The normalized spacial score (nSPS) is 10.7. The first kappa shape index (κ1) is 15.3. The summed E-state index contributed by atoms with van der Waals surface area (Å²) in [4.78, 5) is 11.8. The molecule has 0 fully saturated rings. The molecule has 23 heavy (non-hydrogen) atoms. The van der Waals surface area contributed by atoms with Gasteiger partial charge >= 0.3 is 5.69 Å². The van der Waals surface area contributed by atoms with Crippen LogP contribution in [0.25, 0.3) is 5.00 Å². The fourth-order valence-electron chi connectivity index (χ4n) is 2.14. The Bertz CT molecular complexity index is 852. The Morgan fingerprint density at radius 2 is 2.09 bits per heavy atom. The van der Waals surface area contributed by atoms with Gasteiger partial charge in [-0.2, -0.15) is 0 Å². The van der Waals surface area contributed by atoms with E-state index in [0.717, 1.165) is 16.9 Å². The SMILES string of the molecule is CCOc1csc(-n2nn[nH]c2=O)c1COc1ccccc1C. The van der Waals surface area contributed by atoms with Crippen molar-refractivity contribution in [3.8, 4) is 16.5 Å². The Balaban J connectivity index is 1.93. The van der Waals surface area contributed by atoms with Gasteiger partial charge in [-0.25, -0.2) is 9.89 Å². The number of H-pyrrole nitrogens is 1. The highest BCUT2D eigenvalue weighted by Gasteiger charge is 2.18. The number of aromatic amines is 1. The largest absolute Gasteiger partial charge is 0.492 e. The number of rotatable bonds is 6. The number of thiophene rings is 1. The van der Waals surface area contributed by atoms with Gasteiger partial charge < -0.3 is 9.47 Å². The minimum Gasteiger partial charge on any atom is -0.492 e. The molecular formula is C15H16N4O3S. The first-order chi connectivity index (χ1) is 11.2. The smallest absolute Gasteiger partial charge is 0.366 e. The highest BCUT2D eigenvalue weighted by Crippen LogP contribution is 2.33. The Morgan fingerprint density at radius 1 is 1.26 bits per heavy atom. The number of aromatic nitrogens is 4. The fourth-order valence-corrected chi connectivity index (χ4v) is 3.09. The number of nitrogens with one attached hydrogen (secondary N) is 1. The summed E-state index contributed by atoms with van der Waals surface area (Å²) in [5.74, 6) is 1.48. The molecule has 0 saturated heterocycles. The second-order valence-electron chi connectivity index (χ2n) is 4.79. The average Bonchev–Trinajstić information content (AvgIpc) is 3.13. The number of benzene rings is 1. The lowest BCUT2D eigenvalue weighted by Crippen LogP contribution is -2.16. The van der Waals surface area contributed by atoms with Crippen molar-refractivity contribution in [1.82, 2.24) is 20.2 Å². The molecule has 3 rings (SSSR count). The summed E-state index contributed by atoms with van der Waals surface area (Å²) in [6, 6.07) is 7.76. The minimum absolute atomic E-state index is 0.276. The van der Waals surface area contributed by atoms with Crippen LogP contribution < -0.4 is 15.2 Å². The molecule has 0 spiro atoms. The summed E-state index contributed by atoms with van der Waals surface area (Å²) in [5.41, 5.74) is 1.42. The van der Waals surface area contributed by atoms with E-state index in [9.17, 15) is 4.79 Å². The lowest BCUT2D eigenvalue weighted by molar-refractivity contribution is 0.286. The van der Waals surface area contributed by atoms with E-state index in [1.165, 1.54) is 16.0 Å². The van der Waals surface area contributed by atoms with Crippen LogP contribution in [-0.4, -0.2) is 26.8 Å². The molecule has 2 heterocycles. The van der Waals surface area contributed by atoms with Crippen LogP contribution in [0.4, 0.5) is 0 Å². The van der Waals surface area contributed by atoms with E-state index >= 15 is 0 Å². The second-order valence-corrected chi connectivity index (χ2v) is 5.65. The van der Waals surface area contributed by atoms with E-state index < -0.39 is 5.69 Å². The molecule has 120 valence electrons. The maximum Gasteiger partial charge on any atom is 0.366 e. The molecule has 8 heteroatoms. The van der Waals surface area contributed by atoms with Crippen LogP contribution in [0.5, 0.6) is 11.5 Å². The molecule has 0 aliphatic heterocycles. The van der Waals surface area contributed by atoms with Gasteiger partial charge in [-0.3, -0.25) is 0 Å². The summed E-state index contributed by atoms with van der Waals surface area (Å²) in [5, 5.41) is 12.1. The summed E-state index contributed by atoms with van der Waals surface area (Å²) in [7, 11) is 0. The van der Waals surface area contributed by atoms with E-state index in [0.29, 0.717) is 17.4 Å². The minimum atomic E-state index is -0.396. The van der Waals surface area contributed by atoms with Crippen molar-refractivity contribution in [3.05, 3.63) is 51.3 Å². The van der Waals surface area contributed by atoms with Crippen LogP contribution >= 0.6 is 11.3 Å². The Hall–Kier alpha value is -2.61. The summed E-state index contributed by atoms with van der Waals surface area (Å²) < 4.78 is 12.7. The van der Waals surface area contributed by atoms with Crippen LogP contribution in [0.2, 0.25) is 0 Å². The number of tetrazole rings is 1. The first-order valence-electron chi connectivity index (χ1n) is 7.13. The number of nitrogens with zero attached hydrogens (tertiary/aromatic N) is 3. The molecule has 0 bridgehead atoms. The van der Waals surface area contributed by atoms with Crippen LogP contribution in [0.15, 0.2) is 34.4 Å². The zero-order chi connectivity index (χ0) is 16.2. The molecule has 0 unspecified atom stereocenters.